The number of esters is 3. The van der Waals surface area contributed by atoms with Crippen LogP contribution in [0.15, 0.2) is 134 Å². The van der Waals surface area contributed by atoms with Gasteiger partial charge < -0.3 is 14.2 Å². The zero-order chi connectivity index (χ0) is 51.4. The number of carbonyl (C=O) groups excluding carboxylic acids is 3. The van der Waals surface area contributed by atoms with Gasteiger partial charge in [0, 0.05) is 19.3 Å². The molecule has 0 aromatic rings. The van der Waals surface area contributed by atoms with Crippen molar-refractivity contribution in [3.63, 3.8) is 0 Å². The van der Waals surface area contributed by atoms with E-state index in [0.29, 0.717) is 19.3 Å². The minimum Gasteiger partial charge on any atom is -0.462 e. The summed E-state index contributed by atoms with van der Waals surface area (Å²) in [7, 11) is 0. The van der Waals surface area contributed by atoms with Gasteiger partial charge in [0.2, 0.25) is 0 Å². The van der Waals surface area contributed by atoms with Crippen LogP contribution in [0.4, 0.5) is 0 Å². The number of unbranched alkanes of at least 4 members (excludes halogenated alkanes) is 17. The third-order valence-electron chi connectivity index (χ3n) is 11.6. The maximum atomic E-state index is 12.8. The maximum Gasteiger partial charge on any atom is 0.306 e. The topological polar surface area (TPSA) is 78.9 Å². The third-order valence-corrected chi connectivity index (χ3v) is 11.6. The Morgan fingerprint density at radius 3 is 1.00 bits per heavy atom. The first-order valence-corrected chi connectivity index (χ1v) is 28.7. The zero-order valence-electron chi connectivity index (χ0n) is 45.7. The van der Waals surface area contributed by atoms with Gasteiger partial charge in [-0.25, -0.2) is 0 Å². The Balaban J connectivity index is 4.58. The lowest BCUT2D eigenvalue weighted by atomic mass is 10.1. The highest BCUT2D eigenvalue weighted by atomic mass is 16.6. The van der Waals surface area contributed by atoms with E-state index < -0.39 is 6.10 Å². The lowest BCUT2D eigenvalue weighted by molar-refractivity contribution is -0.166. The van der Waals surface area contributed by atoms with Gasteiger partial charge in [0.25, 0.3) is 0 Å². The Labute approximate surface area is 436 Å². The van der Waals surface area contributed by atoms with Crippen LogP contribution in [0.25, 0.3) is 0 Å². The first-order chi connectivity index (χ1) is 35.0. The standard InChI is InChI=1S/C65H104O6/c1-4-7-10-13-16-19-22-25-28-30-32-34-37-39-42-45-48-51-54-57-63(66)69-60-62(71-65(68)59-56-53-50-47-44-41-36-27-24-21-18-15-12-9-6-3)61-70-64(67)58-55-52-49-46-43-40-38-35-33-31-29-26-23-20-17-14-11-8-5-2/h7,10,16-17,19-21,24-26,28-29,32-35,39-40,42-43,48,51,62H,4-6,8-9,11-15,18,22-23,27,30-31,36-38,41,44-47,49-50,52-61H2,1-3H3/b10-7-,19-16-,20-17-,24-21-,28-25-,29-26-,34-32-,35-33-,42-39-,43-40-,51-48-/t62-/m1/s1. The predicted octanol–water partition coefficient (Wildman–Crippen LogP) is 19.4. The molecule has 1 atom stereocenters. The molecule has 0 saturated carbocycles. The van der Waals surface area contributed by atoms with Gasteiger partial charge in [-0.1, -0.05) is 225 Å². The quantitative estimate of drug-likeness (QED) is 0.0262. The molecule has 0 N–H and O–H groups in total. The van der Waals surface area contributed by atoms with Crippen molar-refractivity contribution in [2.24, 2.45) is 0 Å². The Morgan fingerprint density at radius 2 is 0.577 bits per heavy atom. The fourth-order valence-corrected chi connectivity index (χ4v) is 7.33. The summed E-state index contributed by atoms with van der Waals surface area (Å²) in [5.74, 6) is -1.05. The fraction of sp³-hybridized carbons (Fsp3) is 0.615. The molecule has 0 saturated heterocycles. The van der Waals surface area contributed by atoms with Gasteiger partial charge >= 0.3 is 17.9 Å². The van der Waals surface area contributed by atoms with E-state index in [4.69, 9.17) is 14.2 Å². The molecule has 71 heavy (non-hydrogen) atoms. The molecule has 6 nitrogen and oxygen atoms in total. The molecule has 0 rings (SSSR count). The van der Waals surface area contributed by atoms with Crippen LogP contribution in [0.3, 0.4) is 0 Å². The third kappa shape index (κ3) is 56.3. The molecule has 0 aromatic heterocycles. The normalized spacial score (nSPS) is 13.1. The summed E-state index contributed by atoms with van der Waals surface area (Å²) < 4.78 is 16.8. The fourth-order valence-electron chi connectivity index (χ4n) is 7.33. The molecule has 0 unspecified atom stereocenters. The minimum atomic E-state index is -0.830. The summed E-state index contributed by atoms with van der Waals surface area (Å²) in [4.78, 5) is 38.1. The Bertz CT molecular complexity index is 1550. The molecule has 0 bridgehead atoms. The molecular formula is C65H104O6. The van der Waals surface area contributed by atoms with Crippen molar-refractivity contribution in [1.29, 1.82) is 0 Å². The smallest absolute Gasteiger partial charge is 0.306 e. The van der Waals surface area contributed by atoms with Crippen LogP contribution in [0.1, 0.15) is 239 Å². The molecule has 0 fully saturated rings. The highest BCUT2D eigenvalue weighted by Crippen LogP contribution is 2.13. The highest BCUT2D eigenvalue weighted by molar-refractivity contribution is 5.71. The molecule has 0 amide bonds. The summed E-state index contributed by atoms with van der Waals surface area (Å²) in [5.41, 5.74) is 0. The second kappa shape index (κ2) is 58.1. The molecule has 0 aromatic carbocycles. The van der Waals surface area contributed by atoms with E-state index in [1.807, 2.05) is 12.2 Å². The second-order valence-electron chi connectivity index (χ2n) is 18.5. The Morgan fingerprint density at radius 1 is 0.296 bits per heavy atom. The van der Waals surface area contributed by atoms with Gasteiger partial charge in [-0.2, -0.15) is 0 Å². The number of allylic oxidation sites excluding steroid dienone is 22. The number of hydrogen-bond acceptors (Lipinski definition) is 6. The molecule has 0 aliphatic rings. The summed E-state index contributed by atoms with van der Waals surface area (Å²) in [6.45, 7) is 6.38. The van der Waals surface area contributed by atoms with Crippen molar-refractivity contribution in [3.05, 3.63) is 134 Å². The number of ether oxygens (including phenoxy) is 3. The molecule has 0 aliphatic heterocycles. The van der Waals surface area contributed by atoms with E-state index >= 15 is 0 Å². The van der Waals surface area contributed by atoms with Gasteiger partial charge in [-0.15, -0.1) is 0 Å². The van der Waals surface area contributed by atoms with Crippen LogP contribution in [0.2, 0.25) is 0 Å². The van der Waals surface area contributed by atoms with E-state index in [1.54, 1.807) is 0 Å². The summed E-state index contributed by atoms with van der Waals surface area (Å²) in [5, 5.41) is 0. The summed E-state index contributed by atoms with van der Waals surface area (Å²) in [6, 6.07) is 0. The first kappa shape index (κ1) is 66.6. The molecule has 0 heterocycles. The van der Waals surface area contributed by atoms with Crippen LogP contribution in [-0.4, -0.2) is 37.2 Å². The molecule has 0 spiro atoms. The van der Waals surface area contributed by atoms with Gasteiger partial charge in [0.1, 0.15) is 13.2 Å². The molecule has 0 radical (unpaired) electrons. The van der Waals surface area contributed by atoms with Crippen molar-refractivity contribution in [3.8, 4) is 0 Å². The van der Waals surface area contributed by atoms with Crippen molar-refractivity contribution in [2.75, 3.05) is 13.2 Å². The van der Waals surface area contributed by atoms with Gasteiger partial charge in [-0.05, 0) is 128 Å². The highest BCUT2D eigenvalue weighted by Gasteiger charge is 2.19. The lowest BCUT2D eigenvalue weighted by Crippen LogP contribution is -2.30. The van der Waals surface area contributed by atoms with Crippen molar-refractivity contribution in [1.82, 2.24) is 0 Å². The van der Waals surface area contributed by atoms with Gasteiger partial charge in [0.15, 0.2) is 6.10 Å². The summed E-state index contributed by atoms with van der Waals surface area (Å²) >= 11 is 0. The molecule has 400 valence electrons. The largest absolute Gasteiger partial charge is 0.462 e. The number of carbonyl (C=O) groups is 3. The second-order valence-corrected chi connectivity index (χ2v) is 18.5. The Hall–Kier alpha value is -4.45. The number of hydrogen-bond donors (Lipinski definition) is 0. The SMILES string of the molecule is CC/C=C\C/C=C\C/C=C\C/C=C\C/C=C\C/C=C\CCC(=O)OC[C@H](COC(=O)CCCCC/C=C\C/C=C\C/C=C\C/C=C\CCCCC)OC(=O)CCCCCCCCC/C=C\CCCCCC. The van der Waals surface area contributed by atoms with E-state index in [0.717, 1.165) is 103 Å². The molecular weight excluding hydrogens is 877 g/mol. The van der Waals surface area contributed by atoms with Crippen LogP contribution in [0.5, 0.6) is 0 Å². The van der Waals surface area contributed by atoms with Crippen LogP contribution in [0, 0.1) is 0 Å². The monoisotopic (exact) mass is 981 g/mol. The predicted molar refractivity (Wildman–Crippen MR) is 306 cm³/mol. The maximum absolute atomic E-state index is 12.8. The van der Waals surface area contributed by atoms with E-state index in [1.165, 1.54) is 89.9 Å². The van der Waals surface area contributed by atoms with E-state index in [9.17, 15) is 14.4 Å². The zero-order valence-corrected chi connectivity index (χ0v) is 45.7. The Kier molecular flexibility index (Phi) is 54.5. The van der Waals surface area contributed by atoms with Gasteiger partial charge in [0.05, 0.1) is 0 Å². The van der Waals surface area contributed by atoms with Crippen molar-refractivity contribution in [2.45, 2.75) is 245 Å². The molecule has 6 heteroatoms. The summed E-state index contributed by atoms with van der Waals surface area (Å²) in [6.07, 6.45) is 81.6. The van der Waals surface area contributed by atoms with Gasteiger partial charge in [-0.3, -0.25) is 14.4 Å². The molecule has 0 aliphatic carbocycles. The van der Waals surface area contributed by atoms with Crippen LogP contribution in [-0.2, 0) is 28.6 Å². The van der Waals surface area contributed by atoms with E-state index in [2.05, 4.69) is 142 Å². The van der Waals surface area contributed by atoms with Crippen LogP contribution >= 0.6 is 0 Å². The number of rotatable bonds is 50. The van der Waals surface area contributed by atoms with Crippen LogP contribution < -0.4 is 0 Å². The lowest BCUT2D eigenvalue weighted by Gasteiger charge is -2.18. The van der Waals surface area contributed by atoms with E-state index in [-0.39, 0.29) is 37.5 Å². The minimum absolute atomic E-state index is 0.124. The van der Waals surface area contributed by atoms with Crippen molar-refractivity contribution >= 4 is 17.9 Å². The first-order valence-electron chi connectivity index (χ1n) is 28.7. The van der Waals surface area contributed by atoms with Crippen molar-refractivity contribution < 1.29 is 28.6 Å². The average Bonchev–Trinajstić information content (AvgIpc) is 3.37. The average molecular weight is 982 g/mol.